The first-order valence-corrected chi connectivity index (χ1v) is 5.05. The minimum absolute atomic E-state index is 0.706. The molecule has 13 heavy (non-hydrogen) atoms. The van der Waals surface area contributed by atoms with Crippen molar-refractivity contribution in [1.29, 1.82) is 0 Å². The molecule has 1 saturated carbocycles. The molecule has 0 spiro atoms. The van der Waals surface area contributed by atoms with E-state index in [9.17, 15) is 0 Å². The second-order valence-corrected chi connectivity index (χ2v) is 3.58. The SMILES string of the molecule is CCc1cnc(CNC2CCC2)o1. The number of aromatic nitrogens is 1. The highest BCUT2D eigenvalue weighted by Crippen LogP contribution is 2.18. The summed E-state index contributed by atoms with van der Waals surface area (Å²) in [4.78, 5) is 4.19. The third-order valence-electron chi connectivity index (χ3n) is 2.60. The molecule has 0 aliphatic heterocycles. The number of hydrogen-bond acceptors (Lipinski definition) is 3. The van der Waals surface area contributed by atoms with Crippen LogP contribution in [0.15, 0.2) is 10.6 Å². The zero-order chi connectivity index (χ0) is 9.10. The molecule has 0 amide bonds. The van der Waals surface area contributed by atoms with Gasteiger partial charge in [-0.05, 0) is 12.8 Å². The van der Waals surface area contributed by atoms with Gasteiger partial charge in [0.15, 0.2) is 0 Å². The van der Waals surface area contributed by atoms with E-state index in [0.29, 0.717) is 6.04 Å². The number of aryl methyl sites for hydroxylation is 1. The van der Waals surface area contributed by atoms with E-state index in [0.717, 1.165) is 24.6 Å². The van der Waals surface area contributed by atoms with Crippen molar-refractivity contribution >= 4 is 0 Å². The molecular weight excluding hydrogens is 164 g/mol. The number of nitrogens with one attached hydrogen (secondary N) is 1. The van der Waals surface area contributed by atoms with Crippen LogP contribution in [-0.2, 0) is 13.0 Å². The van der Waals surface area contributed by atoms with E-state index in [1.54, 1.807) is 0 Å². The van der Waals surface area contributed by atoms with Gasteiger partial charge in [0.25, 0.3) is 0 Å². The van der Waals surface area contributed by atoms with Crippen molar-refractivity contribution in [2.24, 2.45) is 0 Å². The van der Waals surface area contributed by atoms with Gasteiger partial charge in [-0.3, -0.25) is 0 Å². The van der Waals surface area contributed by atoms with Crippen LogP contribution in [0.4, 0.5) is 0 Å². The standard InChI is InChI=1S/C10H16N2O/c1-2-9-6-12-10(13-9)7-11-8-4-3-5-8/h6,8,11H,2-5,7H2,1H3. The highest BCUT2D eigenvalue weighted by Gasteiger charge is 2.16. The van der Waals surface area contributed by atoms with Gasteiger partial charge in [-0.15, -0.1) is 0 Å². The van der Waals surface area contributed by atoms with Gasteiger partial charge in [0.2, 0.25) is 5.89 Å². The maximum Gasteiger partial charge on any atom is 0.208 e. The third kappa shape index (κ3) is 2.10. The molecule has 0 bridgehead atoms. The van der Waals surface area contributed by atoms with Crippen LogP contribution in [0, 0.1) is 0 Å². The van der Waals surface area contributed by atoms with Gasteiger partial charge in [-0.1, -0.05) is 13.3 Å². The molecule has 1 N–H and O–H groups in total. The first kappa shape index (κ1) is 8.75. The normalized spacial score (nSPS) is 17.3. The lowest BCUT2D eigenvalue weighted by atomic mass is 9.93. The number of rotatable bonds is 4. The van der Waals surface area contributed by atoms with Crippen LogP contribution in [0.25, 0.3) is 0 Å². The molecule has 1 heterocycles. The first-order chi connectivity index (χ1) is 6.38. The zero-order valence-electron chi connectivity index (χ0n) is 8.05. The van der Waals surface area contributed by atoms with Crippen LogP contribution in [-0.4, -0.2) is 11.0 Å². The Hall–Kier alpha value is -0.830. The molecule has 3 nitrogen and oxygen atoms in total. The molecule has 0 radical (unpaired) electrons. The van der Waals surface area contributed by atoms with E-state index >= 15 is 0 Å². The van der Waals surface area contributed by atoms with E-state index in [-0.39, 0.29) is 0 Å². The Balaban J connectivity index is 1.79. The van der Waals surface area contributed by atoms with Gasteiger partial charge >= 0.3 is 0 Å². The monoisotopic (exact) mass is 180 g/mol. The average Bonchev–Trinajstić information content (AvgIpc) is 2.49. The van der Waals surface area contributed by atoms with Crippen LogP contribution in [0.2, 0.25) is 0 Å². The second kappa shape index (κ2) is 3.92. The molecule has 72 valence electrons. The van der Waals surface area contributed by atoms with Gasteiger partial charge in [-0.2, -0.15) is 0 Å². The lowest BCUT2D eigenvalue weighted by molar-refractivity contribution is 0.319. The van der Waals surface area contributed by atoms with Crippen molar-refractivity contribution in [3.8, 4) is 0 Å². The Kier molecular flexibility index (Phi) is 2.64. The van der Waals surface area contributed by atoms with E-state index < -0.39 is 0 Å². The molecule has 0 atom stereocenters. The summed E-state index contributed by atoms with van der Waals surface area (Å²) in [6, 6.07) is 0.706. The fraction of sp³-hybridized carbons (Fsp3) is 0.700. The number of nitrogens with zero attached hydrogens (tertiary/aromatic N) is 1. The molecule has 0 aromatic carbocycles. The van der Waals surface area contributed by atoms with Crippen molar-refractivity contribution in [1.82, 2.24) is 10.3 Å². The second-order valence-electron chi connectivity index (χ2n) is 3.58. The molecule has 2 rings (SSSR count). The Bertz CT molecular complexity index is 266. The molecule has 0 unspecified atom stereocenters. The maximum atomic E-state index is 5.48. The van der Waals surface area contributed by atoms with E-state index in [1.807, 2.05) is 6.20 Å². The van der Waals surface area contributed by atoms with Crippen LogP contribution >= 0.6 is 0 Å². The summed E-state index contributed by atoms with van der Waals surface area (Å²) >= 11 is 0. The molecular formula is C10H16N2O. The Labute approximate surface area is 78.5 Å². The largest absolute Gasteiger partial charge is 0.444 e. The van der Waals surface area contributed by atoms with Crippen molar-refractivity contribution in [2.45, 2.75) is 45.2 Å². The molecule has 1 aliphatic carbocycles. The van der Waals surface area contributed by atoms with E-state index in [4.69, 9.17) is 4.42 Å². The van der Waals surface area contributed by atoms with Gasteiger partial charge in [0.05, 0.1) is 12.7 Å². The minimum Gasteiger partial charge on any atom is -0.444 e. The topological polar surface area (TPSA) is 38.1 Å². The fourth-order valence-corrected chi connectivity index (χ4v) is 1.44. The maximum absolute atomic E-state index is 5.48. The quantitative estimate of drug-likeness (QED) is 0.768. The average molecular weight is 180 g/mol. The molecule has 1 aromatic rings. The number of oxazole rings is 1. The fourth-order valence-electron chi connectivity index (χ4n) is 1.44. The van der Waals surface area contributed by atoms with Crippen LogP contribution in [0.1, 0.15) is 37.8 Å². The van der Waals surface area contributed by atoms with Crippen molar-refractivity contribution < 1.29 is 4.42 Å². The zero-order valence-corrected chi connectivity index (χ0v) is 8.05. The highest BCUT2D eigenvalue weighted by atomic mass is 16.4. The van der Waals surface area contributed by atoms with Gasteiger partial charge in [0, 0.05) is 12.5 Å². The predicted molar refractivity (Wildman–Crippen MR) is 50.4 cm³/mol. The molecule has 1 aliphatic rings. The molecule has 1 fully saturated rings. The lowest BCUT2D eigenvalue weighted by Gasteiger charge is -2.25. The summed E-state index contributed by atoms with van der Waals surface area (Å²) in [5.74, 6) is 1.80. The summed E-state index contributed by atoms with van der Waals surface area (Å²) < 4.78 is 5.48. The van der Waals surface area contributed by atoms with Gasteiger partial charge in [-0.25, -0.2) is 4.98 Å². The van der Waals surface area contributed by atoms with Crippen LogP contribution in [0.3, 0.4) is 0 Å². The van der Waals surface area contributed by atoms with Crippen molar-refractivity contribution in [3.63, 3.8) is 0 Å². The molecule has 3 heteroatoms. The lowest BCUT2D eigenvalue weighted by Crippen LogP contribution is -2.34. The van der Waals surface area contributed by atoms with Crippen LogP contribution in [0.5, 0.6) is 0 Å². The summed E-state index contributed by atoms with van der Waals surface area (Å²) in [6.07, 6.45) is 6.72. The minimum atomic E-state index is 0.706. The predicted octanol–water partition coefficient (Wildman–Crippen LogP) is 1.88. The summed E-state index contributed by atoms with van der Waals surface area (Å²) in [5.41, 5.74) is 0. The van der Waals surface area contributed by atoms with E-state index in [2.05, 4.69) is 17.2 Å². The van der Waals surface area contributed by atoms with Gasteiger partial charge in [0.1, 0.15) is 5.76 Å². The van der Waals surface area contributed by atoms with Crippen molar-refractivity contribution in [3.05, 3.63) is 17.8 Å². The summed E-state index contributed by atoms with van der Waals surface area (Å²) in [7, 11) is 0. The molecule has 1 aromatic heterocycles. The molecule has 0 saturated heterocycles. The summed E-state index contributed by atoms with van der Waals surface area (Å²) in [6.45, 7) is 2.86. The Morgan fingerprint density at radius 2 is 2.46 bits per heavy atom. The highest BCUT2D eigenvalue weighted by molar-refractivity contribution is 4.93. The summed E-state index contributed by atoms with van der Waals surface area (Å²) in [5, 5.41) is 3.42. The van der Waals surface area contributed by atoms with E-state index in [1.165, 1.54) is 19.3 Å². The first-order valence-electron chi connectivity index (χ1n) is 5.05. The smallest absolute Gasteiger partial charge is 0.208 e. The van der Waals surface area contributed by atoms with Crippen molar-refractivity contribution in [2.75, 3.05) is 0 Å². The third-order valence-corrected chi connectivity index (χ3v) is 2.60. The number of hydrogen-bond donors (Lipinski definition) is 1. The Morgan fingerprint density at radius 1 is 1.62 bits per heavy atom. The Morgan fingerprint density at radius 3 is 3.00 bits per heavy atom. The van der Waals surface area contributed by atoms with Gasteiger partial charge < -0.3 is 9.73 Å². The van der Waals surface area contributed by atoms with Crippen LogP contribution < -0.4 is 5.32 Å².